The molecule has 0 amide bonds. The maximum absolute atomic E-state index is 6.11. The first kappa shape index (κ1) is 21.6. The van der Waals surface area contributed by atoms with E-state index in [2.05, 4.69) is 36.6 Å². The smallest absolute Gasteiger partial charge is 0.203 e. The van der Waals surface area contributed by atoms with Gasteiger partial charge in [0.2, 0.25) is 5.75 Å². The molecule has 1 aromatic heterocycles. The van der Waals surface area contributed by atoms with Crippen molar-refractivity contribution in [2.24, 2.45) is 0 Å². The Morgan fingerprint density at radius 3 is 2.19 bits per heavy atom. The number of methoxy groups -OCH3 is 3. The van der Waals surface area contributed by atoms with Gasteiger partial charge in [0.15, 0.2) is 11.5 Å². The van der Waals surface area contributed by atoms with Crippen LogP contribution < -0.4 is 18.9 Å². The van der Waals surface area contributed by atoms with E-state index in [1.54, 1.807) is 21.3 Å². The van der Waals surface area contributed by atoms with E-state index in [-0.39, 0.29) is 0 Å². The first-order valence-electron chi connectivity index (χ1n) is 10.5. The molecule has 1 heterocycles. The Bertz CT molecular complexity index is 1220. The minimum Gasteiger partial charge on any atom is -0.493 e. The zero-order valence-corrected chi connectivity index (χ0v) is 19.1. The molecule has 0 spiro atoms. The molecular formula is C26H28N2O4. The van der Waals surface area contributed by atoms with Crippen molar-refractivity contribution in [1.29, 1.82) is 0 Å². The number of aromatic nitrogens is 2. The van der Waals surface area contributed by atoms with Crippen LogP contribution in [0, 0.1) is 13.8 Å². The highest BCUT2D eigenvalue weighted by Gasteiger charge is 2.19. The lowest BCUT2D eigenvalue weighted by molar-refractivity contribution is 0.299. The molecule has 0 aliphatic heterocycles. The molecule has 6 nitrogen and oxygen atoms in total. The van der Waals surface area contributed by atoms with Gasteiger partial charge in [-0.05, 0) is 49.7 Å². The normalized spacial score (nSPS) is 10.9. The molecule has 0 aliphatic carbocycles. The lowest BCUT2D eigenvalue weighted by atomic mass is 10.1. The topological polar surface area (TPSA) is 54.7 Å². The second-order valence-electron chi connectivity index (χ2n) is 7.61. The number of aryl methyl sites for hydroxylation is 2. The molecule has 0 radical (unpaired) electrons. The monoisotopic (exact) mass is 432 g/mol. The number of hydrogen-bond donors (Lipinski definition) is 0. The van der Waals surface area contributed by atoms with Gasteiger partial charge in [0, 0.05) is 5.56 Å². The molecular weight excluding hydrogens is 404 g/mol. The first-order chi connectivity index (χ1) is 15.5. The van der Waals surface area contributed by atoms with Gasteiger partial charge in [0.1, 0.15) is 18.2 Å². The van der Waals surface area contributed by atoms with E-state index >= 15 is 0 Å². The molecule has 0 saturated carbocycles. The van der Waals surface area contributed by atoms with E-state index in [1.165, 1.54) is 5.56 Å². The summed E-state index contributed by atoms with van der Waals surface area (Å²) >= 11 is 0. The summed E-state index contributed by atoms with van der Waals surface area (Å²) in [6.07, 6.45) is 0. The van der Waals surface area contributed by atoms with Gasteiger partial charge < -0.3 is 23.5 Å². The van der Waals surface area contributed by atoms with Gasteiger partial charge in [-0.25, -0.2) is 4.98 Å². The predicted molar refractivity (Wildman–Crippen MR) is 126 cm³/mol. The van der Waals surface area contributed by atoms with Crippen LogP contribution >= 0.6 is 0 Å². The quantitative estimate of drug-likeness (QED) is 0.372. The maximum atomic E-state index is 6.11. The molecule has 4 rings (SSSR count). The fourth-order valence-corrected chi connectivity index (χ4v) is 3.94. The zero-order valence-electron chi connectivity index (χ0n) is 19.1. The molecule has 32 heavy (non-hydrogen) atoms. The maximum Gasteiger partial charge on any atom is 0.203 e. The highest BCUT2D eigenvalue weighted by atomic mass is 16.5. The fraction of sp³-hybridized carbons (Fsp3) is 0.269. The molecule has 4 aromatic rings. The van der Waals surface area contributed by atoms with E-state index in [4.69, 9.17) is 23.9 Å². The first-order valence-corrected chi connectivity index (χ1v) is 10.5. The largest absolute Gasteiger partial charge is 0.493 e. The number of hydrogen-bond acceptors (Lipinski definition) is 5. The van der Waals surface area contributed by atoms with E-state index in [0.717, 1.165) is 33.7 Å². The zero-order chi connectivity index (χ0) is 22.7. The van der Waals surface area contributed by atoms with Crippen molar-refractivity contribution < 1.29 is 18.9 Å². The Morgan fingerprint density at radius 2 is 1.53 bits per heavy atom. The lowest BCUT2D eigenvalue weighted by Gasteiger charge is -2.16. The summed E-state index contributed by atoms with van der Waals surface area (Å²) in [5.74, 6) is 3.45. The van der Waals surface area contributed by atoms with E-state index in [9.17, 15) is 0 Å². The van der Waals surface area contributed by atoms with Gasteiger partial charge in [-0.3, -0.25) is 0 Å². The number of rotatable bonds is 8. The van der Waals surface area contributed by atoms with Crippen LogP contribution in [-0.4, -0.2) is 37.5 Å². The van der Waals surface area contributed by atoms with Crippen molar-refractivity contribution in [2.75, 3.05) is 27.9 Å². The number of para-hydroxylation sites is 2. The van der Waals surface area contributed by atoms with Gasteiger partial charge >= 0.3 is 0 Å². The average molecular weight is 433 g/mol. The Kier molecular flexibility index (Phi) is 6.21. The van der Waals surface area contributed by atoms with Gasteiger partial charge in [-0.15, -0.1) is 0 Å². The summed E-state index contributed by atoms with van der Waals surface area (Å²) in [7, 11) is 4.82. The lowest BCUT2D eigenvalue weighted by Crippen LogP contribution is -2.10. The third-order valence-corrected chi connectivity index (χ3v) is 5.48. The number of ether oxygens (including phenoxy) is 4. The highest BCUT2D eigenvalue weighted by molar-refractivity contribution is 5.81. The fourth-order valence-electron chi connectivity index (χ4n) is 3.94. The third kappa shape index (κ3) is 4.08. The second-order valence-corrected chi connectivity index (χ2v) is 7.61. The third-order valence-electron chi connectivity index (χ3n) is 5.48. The predicted octanol–water partition coefficient (Wildman–Crippen LogP) is 5.42. The van der Waals surface area contributed by atoms with Crippen LogP contribution in [0.15, 0.2) is 54.6 Å². The van der Waals surface area contributed by atoms with Crippen molar-refractivity contribution in [3.05, 3.63) is 65.7 Å². The number of benzene rings is 3. The Morgan fingerprint density at radius 1 is 0.812 bits per heavy atom. The summed E-state index contributed by atoms with van der Waals surface area (Å²) in [5.41, 5.74) is 5.19. The number of fused-ring (bicyclic) bond motifs is 1. The SMILES string of the molecule is COc1cc(-c2nc3ccccc3n2CCOc2ccc(C)cc2C)cc(OC)c1OC. The second kappa shape index (κ2) is 9.22. The van der Waals surface area contributed by atoms with Crippen LogP contribution in [-0.2, 0) is 6.54 Å². The van der Waals surface area contributed by atoms with Crippen LogP contribution in [0.3, 0.4) is 0 Å². The number of imidazole rings is 1. The molecule has 0 atom stereocenters. The van der Waals surface area contributed by atoms with Gasteiger partial charge in [-0.2, -0.15) is 0 Å². The van der Waals surface area contributed by atoms with Crippen molar-refractivity contribution in [3.63, 3.8) is 0 Å². The molecule has 0 N–H and O–H groups in total. The van der Waals surface area contributed by atoms with E-state index < -0.39 is 0 Å². The summed E-state index contributed by atoms with van der Waals surface area (Å²) in [6.45, 7) is 5.30. The van der Waals surface area contributed by atoms with Gasteiger partial charge in [-0.1, -0.05) is 29.8 Å². The van der Waals surface area contributed by atoms with Crippen molar-refractivity contribution in [2.45, 2.75) is 20.4 Å². The van der Waals surface area contributed by atoms with Crippen molar-refractivity contribution in [3.8, 4) is 34.4 Å². The van der Waals surface area contributed by atoms with Gasteiger partial charge in [0.25, 0.3) is 0 Å². The Labute approximate surface area is 188 Å². The van der Waals surface area contributed by atoms with Gasteiger partial charge in [0.05, 0.1) is 38.9 Å². The summed E-state index contributed by atoms with van der Waals surface area (Å²) in [5, 5.41) is 0. The molecule has 0 fully saturated rings. The molecule has 0 unspecified atom stereocenters. The van der Waals surface area contributed by atoms with E-state index in [1.807, 2.05) is 36.4 Å². The number of nitrogens with zero attached hydrogens (tertiary/aromatic N) is 2. The summed E-state index contributed by atoms with van der Waals surface area (Å²) < 4.78 is 24.9. The van der Waals surface area contributed by atoms with Crippen LogP contribution in [0.25, 0.3) is 22.4 Å². The molecule has 166 valence electrons. The van der Waals surface area contributed by atoms with Crippen LogP contribution in [0.2, 0.25) is 0 Å². The Balaban J connectivity index is 1.72. The standard InChI is InChI=1S/C26H28N2O4/c1-17-10-11-22(18(2)14-17)32-13-12-28-21-9-7-6-8-20(21)27-26(28)19-15-23(29-3)25(31-5)24(16-19)30-4/h6-11,14-16H,12-13H2,1-5H3. The molecule has 3 aromatic carbocycles. The Hall–Kier alpha value is -3.67. The minimum atomic E-state index is 0.516. The van der Waals surface area contributed by atoms with Crippen LogP contribution in [0.1, 0.15) is 11.1 Å². The molecule has 6 heteroatoms. The van der Waals surface area contributed by atoms with Crippen molar-refractivity contribution >= 4 is 11.0 Å². The average Bonchev–Trinajstić information content (AvgIpc) is 3.18. The minimum absolute atomic E-state index is 0.516. The van der Waals surface area contributed by atoms with Crippen molar-refractivity contribution in [1.82, 2.24) is 9.55 Å². The molecule has 0 aliphatic rings. The summed E-state index contributed by atoms with van der Waals surface area (Å²) in [4.78, 5) is 4.90. The molecule has 0 saturated heterocycles. The summed E-state index contributed by atoms with van der Waals surface area (Å²) in [6, 6.07) is 18.2. The van der Waals surface area contributed by atoms with Crippen LogP contribution in [0.5, 0.6) is 23.0 Å². The molecule has 0 bridgehead atoms. The van der Waals surface area contributed by atoms with E-state index in [0.29, 0.717) is 30.4 Å². The van der Waals surface area contributed by atoms with Crippen LogP contribution in [0.4, 0.5) is 0 Å². The highest BCUT2D eigenvalue weighted by Crippen LogP contribution is 2.41.